The molecule has 3 aromatic rings. The summed E-state index contributed by atoms with van der Waals surface area (Å²) >= 11 is 0.780. The van der Waals surface area contributed by atoms with Crippen molar-refractivity contribution in [3.05, 3.63) is 88.9 Å². The first-order chi connectivity index (χ1) is 12.7. The standard InChI is InChI=1S/C18H13Cl2S.6FH.Sb/c19-14-6-10-17(11-7-14)21(16-4-2-1-3-5-16)18-12-8-15(20)9-13-18;;;;;;;/h1-13H;6*1H;/q+1;;;;;;;+5/p-6. The zero-order valence-corrected chi connectivity index (χ0v) is 18.8. The van der Waals surface area contributed by atoms with E-state index >= 15 is 0 Å². The molecular formula is C18H13Cl2F6SSb. The molecule has 0 saturated carbocycles. The van der Waals surface area contributed by atoms with Crippen LogP contribution < -0.4 is 0 Å². The Balaban J connectivity index is 0.000000345. The van der Waals surface area contributed by atoms with Gasteiger partial charge in [0, 0.05) is 10.0 Å². The first-order valence-corrected chi connectivity index (χ1v) is 15.3. The molecule has 0 aromatic heterocycles. The third-order valence-electron chi connectivity index (χ3n) is 3.08. The number of rotatable bonds is 3. The predicted octanol–water partition coefficient (Wildman–Crippen LogP) is 8.23. The molecule has 3 aromatic carbocycles. The Labute approximate surface area is 173 Å². The van der Waals surface area contributed by atoms with Crippen LogP contribution in [0.2, 0.25) is 10.0 Å². The normalized spacial score (nSPS) is 13.9. The minimum absolute atomic E-state index is 0.148. The van der Waals surface area contributed by atoms with Gasteiger partial charge in [0.05, 0.1) is 10.9 Å². The second-order valence-corrected chi connectivity index (χ2v) is 13.9. The molecule has 0 bridgehead atoms. The number of benzene rings is 3. The summed E-state index contributed by atoms with van der Waals surface area (Å²) in [5.74, 6) is 0. The van der Waals surface area contributed by atoms with E-state index in [1.807, 2.05) is 30.3 Å². The van der Waals surface area contributed by atoms with E-state index < -0.39 is 19.5 Å². The van der Waals surface area contributed by atoms with Gasteiger partial charge in [-0.15, -0.1) is 0 Å². The zero-order valence-electron chi connectivity index (χ0n) is 13.9. The Kier molecular flexibility index (Phi) is 6.66. The van der Waals surface area contributed by atoms with Gasteiger partial charge in [0.15, 0.2) is 14.7 Å². The van der Waals surface area contributed by atoms with E-state index in [-0.39, 0.29) is 10.9 Å². The van der Waals surface area contributed by atoms with Crippen LogP contribution in [-0.4, -0.2) is 19.5 Å². The summed E-state index contributed by atoms with van der Waals surface area (Å²) in [7, 11) is -0.148. The Hall–Kier alpha value is -1.01. The van der Waals surface area contributed by atoms with Crippen LogP contribution in [0, 0.1) is 0 Å². The van der Waals surface area contributed by atoms with E-state index in [0.29, 0.717) is 0 Å². The topological polar surface area (TPSA) is 0 Å². The van der Waals surface area contributed by atoms with Crippen LogP contribution in [0.1, 0.15) is 0 Å². The van der Waals surface area contributed by atoms with Crippen molar-refractivity contribution >= 4 is 53.6 Å². The fraction of sp³-hybridized carbons (Fsp3) is 0. The third kappa shape index (κ3) is 9.46. The average Bonchev–Trinajstić information content (AvgIpc) is 2.57. The molecular weight excluding hydrogens is 555 g/mol. The van der Waals surface area contributed by atoms with Gasteiger partial charge in [-0.25, -0.2) is 0 Å². The van der Waals surface area contributed by atoms with Crippen LogP contribution in [0.15, 0.2) is 93.5 Å². The molecule has 10 heteroatoms. The second-order valence-electron chi connectivity index (χ2n) is 5.49. The van der Waals surface area contributed by atoms with Crippen LogP contribution >= 0.6 is 23.2 Å². The fourth-order valence-electron chi connectivity index (χ4n) is 2.11. The number of hydrogen-bond acceptors (Lipinski definition) is 0. The van der Waals surface area contributed by atoms with E-state index in [4.69, 9.17) is 23.2 Å². The zero-order chi connectivity index (χ0) is 21.1. The van der Waals surface area contributed by atoms with Crippen LogP contribution in [0.25, 0.3) is 0 Å². The maximum atomic E-state index is 9.93. The predicted molar refractivity (Wildman–Crippen MR) is 104 cm³/mol. The summed E-state index contributed by atoms with van der Waals surface area (Å²) in [5.41, 5.74) is 0. The van der Waals surface area contributed by atoms with Crippen molar-refractivity contribution in [1.29, 1.82) is 0 Å². The Morgan fingerprint density at radius 2 is 0.786 bits per heavy atom. The molecule has 0 saturated heterocycles. The SMILES string of the molecule is Clc1ccc([S+](c2ccccc2)c2ccc(Cl)cc2)cc1.[F][Sb-]([F])([F])([F])([F])[F]. The molecule has 0 aliphatic rings. The van der Waals surface area contributed by atoms with Crippen molar-refractivity contribution in [2.75, 3.05) is 0 Å². The molecule has 0 spiro atoms. The van der Waals surface area contributed by atoms with Gasteiger partial charge in [-0.2, -0.15) is 0 Å². The van der Waals surface area contributed by atoms with Gasteiger partial charge in [-0.3, -0.25) is 0 Å². The molecule has 0 fully saturated rings. The van der Waals surface area contributed by atoms with Gasteiger partial charge < -0.3 is 0 Å². The van der Waals surface area contributed by atoms with Crippen molar-refractivity contribution < 1.29 is 16.9 Å². The van der Waals surface area contributed by atoms with E-state index in [2.05, 4.69) is 48.5 Å². The molecule has 0 unspecified atom stereocenters. The van der Waals surface area contributed by atoms with Crippen LogP contribution in [0.4, 0.5) is 16.9 Å². The molecule has 3 rings (SSSR count). The first-order valence-electron chi connectivity index (χ1n) is 7.56. The van der Waals surface area contributed by atoms with Crippen molar-refractivity contribution in [3.63, 3.8) is 0 Å². The second kappa shape index (κ2) is 8.02. The summed E-state index contributed by atoms with van der Waals surface area (Å²) in [6, 6.07) is 26.6. The van der Waals surface area contributed by atoms with Crippen molar-refractivity contribution in [2.24, 2.45) is 0 Å². The molecule has 0 aliphatic heterocycles. The van der Waals surface area contributed by atoms with Gasteiger partial charge >= 0.3 is 36.4 Å². The maximum absolute atomic E-state index is 11.2. The molecule has 0 atom stereocenters. The molecule has 0 nitrogen and oxygen atoms in total. The summed E-state index contributed by atoms with van der Waals surface area (Å²) in [6.45, 7) is 0. The van der Waals surface area contributed by atoms with Crippen molar-refractivity contribution in [2.45, 2.75) is 14.7 Å². The van der Waals surface area contributed by atoms with Gasteiger partial charge in [-0.05, 0) is 60.7 Å². The molecule has 0 radical (unpaired) electrons. The summed E-state index contributed by atoms with van der Waals surface area (Å²) in [6.07, 6.45) is 0. The van der Waals surface area contributed by atoms with E-state index in [0.717, 1.165) is 10.0 Å². The number of halogens is 8. The Morgan fingerprint density at radius 3 is 1.11 bits per heavy atom. The molecule has 0 aliphatic carbocycles. The Morgan fingerprint density at radius 1 is 0.500 bits per heavy atom. The van der Waals surface area contributed by atoms with Crippen molar-refractivity contribution in [1.82, 2.24) is 0 Å². The van der Waals surface area contributed by atoms with Gasteiger partial charge in [-0.1, -0.05) is 41.4 Å². The molecule has 28 heavy (non-hydrogen) atoms. The van der Waals surface area contributed by atoms with Crippen LogP contribution in [-0.2, 0) is 10.9 Å². The van der Waals surface area contributed by atoms with Crippen LogP contribution in [0.3, 0.4) is 0 Å². The molecule has 152 valence electrons. The summed E-state index contributed by atoms with van der Waals surface area (Å²) in [4.78, 5) is 3.77. The summed E-state index contributed by atoms with van der Waals surface area (Å²) in [5, 5.41) is 1.51. The van der Waals surface area contributed by atoms with E-state index in [1.54, 1.807) is 0 Å². The Bertz CT molecular complexity index is 858. The van der Waals surface area contributed by atoms with Gasteiger partial charge in [0.1, 0.15) is 0 Å². The fourth-order valence-corrected chi connectivity index (χ4v) is 4.42. The van der Waals surface area contributed by atoms with Gasteiger partial charge in [0.2, 0.25) is 0 Å². The monoisotopic (exact) mass is 566 g/mol. The molecule has 0 N–H and O–H groups in total. The van der Waals surface area contributed by atoms with Gasteiger partial charge in [0.25, 0.3) is 0 Å². The first kappa shape index (κ1) is 23.3. The third-order valence-corrected chi connectivity index (χ3v) is 5.81. The molecule has 0 amide bonds. The number of hydrogen-bond donors (Lipinski definition) is 0. The quantitative estimate of drug-likeness (QED) is 0.170. The van der Waals surface area contributed by atoms with E-state index in [1.165, 1.54) is 14.7 Å². The minimum atomic E-state index is -11.2. The van der Waals surface area contributed by atoms with Crippen molar-refractivity contribution in [3.8, 4) is 0 Å². The molecule has 0 heterocycles. The summed E-state index contributed by atoms with van der Waals surface area (Å²) < 4.78 is 59.6. The van der Waals surface area contributed by atoms with Crippen LogP contribution in [0.5, 0.6) is 0 Å². The average molecular weight is 568 g/mol. The van der Waals surface area contributed by atoms with E-state index in [9.17, 15) is 16.9 Å².